The van der Waals surface area contributed by atoms with E-state index in [-0.39, 0.29) is 0 Å². The number of rotatable bonds is 6. The van der Waals surface area contributed by atoms with Gasteiger partial charge in [0.1, 0.15) is 0 Å². The molecule has 56 heavy (non-hydrogen) atoms. The number of fused-ring (bicyclic) bond motifs is 6. The van der Waals surface area contributed by atoms with Gasteiger partial charge < -0.3 is 4.57 Å². The third-order valence-corrected chi connectivity index (χ3v) is 11.8. The van der Waals surface area contributed by atoms with Gasteiger partial charge in [-0.05, 0) is 59.2 Å². The van der Waals surface area contributed by atoms with Gasteiger partial charge in [0.2, 0.25) is 0 Å². The molecular weight excluding hydrogens is 701 g/mol. The van der Waals surface area contributed by atoms with Crippen LogP contribution in [0, 0.1) is 0 Å². The van der Waals surface area contributed by atoms with E-state index < -0.39 is 0 Å². The van der Waals surface area contributed by atoms with Gasteiger partial charge in [0.05, 0.1) is 16.7 Å². The lowest BCUT2D eigenvalue weighted by molar-refractivity contribution is 1.07. The van der Waals surface area contributed by atoms with Crippen molar-refractivity contribution in [3.8, 4) is 62.1 Å². The van der Waals surface area contributed by atoms with Crippen molar-refractivity contribution in [2.75, 3.05) is 0 Å². The second kappa shape index (κ2) is 13.3. The summed E-state index contributed by atoms with van der Waals surface area (Å²) in [6.45, 7) is 0. The molecule has 8 aromatic carbocycles. The first-order valence-electron chi connectivity index (χ1n) is 18.8. The zero-order valence-corrected chi connectivity index (χ0v) is 31.0. The molecule has 3 aromatic heterocycles. The van der Waals surface area contributed by atoms with Crippen LogP contribution in [0.15, 0.2) is 194 Å². The molecule has 0 N–H and O–H groups in total. The molecule has 11 rings (SSSR count). The minimum atomic E-state index is 0.627. The first kappa shape index (κ1) is 32.2. The Hall–Kier alpha value is -7.21. The third-order valence-electron chi connectivity index (χ3n) is 10.7. The highest BCUT2D eigenvalue weighted by Gasteiger charge is 2.20. The van der Waals surface area contributed by atoms with Gasteiger partial charge in [0.25, 0.3) is 0 Å². The summed E-state index contributed by atoms with van der Waals surface area (Å²) in [6, 6.07) is 68.7. The van der Waals surface area contributed by atoms with Crippen LogP contribution in [0.2, 0.25) is 0 Å². The zero-order valence-electron chi connectivity index (χ0n) is 30.2. The average molecular weight is 733 g/mol. The number of nitrogens with zero attached hydrogens (tertiary/aromatic N) is 4. The summed E-state index contributed by atoms with van der Waals surface area (Å²) < 4.78 is 5.04. The van der Waals surface area contributed by atoms with Crippen LogP contribution in [-0.2, 0) is 0 Å². The molecule has 3 heterocycles. The van der Waals surface area contributed by atoms with E-state index in [1.807, 2.05) is 72.0 Å². The summed E-state index contributed by atoms with van der Waals surface area (Å²) >= 11 is 1.86. The van der Waals surface area contributed by atoms with E-state index >= 15 is 0 Å². The highest BCUT2D eigenvalue weighted by Crippen LogP contribution is 2.43. The maximum Gasteiger partial charge on any atom is 0.164 e. The quantitative estimate of drug-likeness (QED) is 0.171. The molecule has 0 radical (unpaired) electrons. The van der Waals surface area contributed by atoms with Crippen LogP contribution >= 0.6 is 11.3 Å². The predicted octanol–water partition coefficient (Wildman–Crippen LogP) is 13.7. The van der Waals surface area contributed by atoms with E-state index in [1.54, 1.807) is 0 Å². The Kier molecular flexibility index (Phi) is 7.64. The van der Waals surface area contributed by atoms with Crippen molar-refractivity contribution >= 4 is 53.3 Å². The van der Waals surface area contributed by atoms with Crippen LogP contribution in [0.5, 0.6) is 0 Å². The molecule has 4 nitrogen and oxygen atoms in total. The van der Waals surface area contributed by atoms with Gasteiger partial charge in [-0.15, -0.1) is 11.3 Å². The molecular formula is C51H32N4S. The van der Waals surface area contributed by atoms with E-state index in [2.05, 4.69) is 138 Å². The van der Waals surface area contributed by atoms with Crippen LogP contribution in [-0.4, -0.2) is 19.5 Å². The van der Waals surface area contributed by atoms with Crippen molar-refractivity contribution in [3.05, 3.63) is 194 Å². The lowest BCUT2D eigenvalue weighted by Gasteiger charge is -2.16. The molecule has 262 valence electrons. The Morgan fingerprint density at radius 1 is 0.339 bits per heavy atom. The number of aromatic nitrogens is 4. The minimum absolute atomic E-state index is 0.627. The molecule has 0 aliphatic carbocycles. The van der Waals surface area contributed by atoms with E-state index in [0.29, 0.717) is 17.5 Å². The van der Waals surface area contributed by atoms with Gasteiger partial charge in [-0.25, -0.2) is 15.0 Å². The van der Waals surface area contributed by atoms with Crippen molar-refractivity contribution in [2.24, 2.45) is 0 Å². The minimum Gasteiger partial charge on any atom is -0.309 e. The smallest absolute Gasteiger partial charge is 0.164 e. The summed E-state index contributed by atoms with van der Waals surface area (Å²) in [4.78, 5) is 15.1. The molecule has 5 heteroatoms. The number of hydrogen-bond donors (Lipinski definition) is 0. The van der Waals surface area contributed by atoms with E-state index in [1.165, 1.54) is 42.1 Å². The molecule has 0 amide bonds. The lowest BCUT2D eigenvalue weighted by atomic mass is 9.98. The van der Waals surface area contributed by atoms with Crippen molar-refractivity contribution in [2.45, 2.75) is 0 Å². The standard InChI is InChI=1S/C51H32N4S/c1-4-15-33(16-5-1)42-31-37(51-53-49(34-17-6-2-7-18-34)52-50(54-51)35-19-8-3-9-20-35)28-30-44(42)55-43-24-12-10-21-39(43)40-29-27-36(32-45(40)55)38-23-14-26-47-48(38)41-22-11-13-25-46(41)56-47/h1-32H. The van der Waals surface area contributed by atoms with Crippen LogP contribution in [0.25, 0.3) is 104 Å². The molecule has 0 saturated carbocycles. The Bertz CT molecular complexity index is 3180. The Balaban J connectivity index is 1.15. The van der Waals surface area contributed by atoms with E-state index in [0.717, 1.165) is 44.5 Å². The SMILES string of the molecule is c1ccc(-c2nc(-c3ccccc3)nc(-c3ccc(-n4c5ccccc5c5ccc(-c6cccc7sc8ccccc8c67)cc54)c(-c4ccccc4)c3)n2)cc1. The third kappa shape index (κ3) is 5.40. The molecule has 0 unspecified atom stereocenters. The zero-order chi connectivity index (χ0) is 37.0. The van der Waals surface area contributed by atoms with Gasteiger partial charge in [-0.1, -0.05) is 152 Å². The van der Waals surface area contributed by atoms with Gasteiger partial charge >= 0.3 is 0 Å². The summed E-state index contributed by atoms with van der Waals surface area (Å²) in [7, 11) is 0. The molecule has 0 spiro atoms. The highest BCUT2D eigenvalue weighted by atomic mass is 32.1. The largest absolute Gasteiger partial charge is 0.309 e. The first-order chi connectivity index (χ1) is 27.8. The summed E-state index contributed by atoms with van der Waals surface area (Å²) in [5, 5.41) is 5.04. The van der Waals surface area contributed by atoms with Crippen LogP contribution in [0.4, 0.5) is 0 Å². The monoisotopic (exact) mass is 732 g/mol. The Morgan fingerprint density at radius 3 is 1.61 bits per heavy atom. The number of hydrogen-bond acceptors (Lipinski definition) is 4. The highest BCUT2D eigenvalue weighted by molar-refractivity contribution is 7.25. The summed E-state index contributed by atoms with van der Waals surface area (Å²) in [5.41, 5.74) is 10.8. The summed E-state index contributed by atoms with van der Waals surface area (Å²) in [6.07, 6.45) is 0. The normalized spacial score (nSPS) is 11.6. The fourth-order valence-electron chi connectivity index (χ4n) is 8.07. The van der Waals surface area contributed by atoms with Gasteiger partial charge in [-0.2, -0.15) is 0 Å². The molecule has 0 saturated heterocycles. The Labute approximate surface area is 327 Å². The second-order valence-electron chi connectivity index (χ2n) is 14.0. The fraction of sp³-hybridized carbons (Fsp3) is 0. The fourth-order valence-corrected chi connectivity index (χ4v) is 9.20. The van der Waals surface area contributed by atoms with Crippen molar-refractivity contribution < 1.29 is 0 Å². The molecule has 11 aromatic rings. The average Bonchev–Trinajstić information content (AvgIpc) is 3.82. The molecule has 0 fully saturated rings. The van der Waals surface area contributed by atoms with Gasteiger partial charge in [0.15, 0.2) is 17.5 Å². The van der Waals surface area contributed by atoms with E-state index in [4.69, 9.17) is 15.0 Å². The maximum absolute atomic E-state index is 5.09. The van der Waals surface area contributed by atoms with Gasteiger partial charge in [-0.3, -0.25) is 0 Å². The second-order valence-corrected chi connectivity index (χ2v) is 15.1. The molecule has 0 bridgehead atoms. The lowest BCUT2D eigenvalue weighted by Crippen LogP contribution is -2.02. The van der Waals surface area contributed by atoms with Crippen LogP contribution < -0.4 is 0 Å². The van der Waals surface area contributed by atoms with E-state index in [9.17, 15) is 0 Å². The van der Waals surface area contributed by atoms with Gasteiger partial charge in [0, 0.05) is 53.2 Å². The number of thiophene rings is 1. The molecule has 0 atom stereocenters. The van der Waals surface area contributed by atoms with Crippen molar-refractivity contribution in [1.29, 1.82) is 0 Å². The molecule has 0 aliphatic heterocycles. The van der Waals surface area contributed by atoms with Crippen molar-refractivity contribution in [3.63, 3.8) is 0 Å². The maximum atomic E-state index is 5.09. The van der Waals surface area contributed by atoms with Crippen LogP contribution in [0.1, 0.15) is 0 Å². The topological polar surface area (TPSA) is 43.6 Å². The van der Waals surface area contributed by atoms with Crippen LogP contribution in [0.3, 0.4) is 0 Å². The van der Waals surface area contributed by atoms with Crippen molar-refractivity contribution in [1.82, 2.24) is 19.5 Å². The predicted molar refractivity (Wildman–Crippen MR) is 234 cm³/mol. The number of para-hydroxylation sites is 1. The number of benzene rings is 8. The first-order valence-corrected chi connectivity index (χ1v) is 19.6. The molecule has 0 aliphatic rings. The Morgan fingerprint density at radius 2 is 0.893 bits per heavy atom. The summed E-state index contributed by atoms with van der Waals surface area (Å²) in [5.74, 6) is 1.91.